The number of benzene rings is 2. The molecule has 2 N–H and O–H groups in total. The summed E-state index contributed by atoms with van der Waals surface area (Å²) in [6.07, 6.45) is -0.251. The molecule has 8 heteroatoms. The number of nitrogens with one attached hydrogen (secondary N) is 1. The molecule has 38 heavy (non-hydrogen) atoms. The van der Waals surface area contributed by atoms with Crippen LogP contribution in [0.15, 0.2) is 36.4 Å². The van der Waals surface area contributed by atoms with Crippen LogP contribution >= 0.6 is 0 Å². The summed E-state index contributed by atoms with van der Waals surface area (Å²) in [6.45, 7) is 14.5. The molecule has 1 heterocycles. The highest BCUT2D eigenvalue weighted by molar-refractivity contribution is 5.90. The number of amides is 2. The minimum atomic E-state index is -1.01. The van der Waals surface area contributed by atoms with Gasteiger partial charge in [0.2, 0.25) is 5.91 Å². The zero-order chi connectivity index (χ0) is 28.4. The first-order valence-corrected chi connectivity index (χ1v) is 12.9. The van der Waals surface area contributed by atoms with Crippen LogP contribution in [0, 0.1) is 13.8 Å². The van der Waals surface area contributed by atoms with Gasteiger partial charge in [-0.15, -0.1) is 0 Å². The maximum Gasteiger partial charge on any atom is 0.408 e. The van der Waals surface area contributed by atoms with E-state index < -0.39 is 41.3 Å². The van der Waals surface area contributed by atoms with Gasteiger partial charge < -0.3 is 24.8 Å². The van der Waals surface area contributed by atoms with E-state index in [2.05, 4.69) is 5.32 Å². The monoisotopic (exact) mass is 524 g/mol. The van der Waals surface area contributed by atoms with Crippen molar-refractivity contribution >= 4 is 18.0 Å². The average molecular weight is 525 g/mol. The molecule has 0 aliphatic carbocycles. The van der Waals surface area contributed by atoms with Gasteiger partial charge in [0.1, 0.15) is 29.0 Å². The summed E-state index contributed by atoms with van der Waals surface area (Å²) < 4.78 is 11.2. The van der Waals surface area contributed by atoms with Crippen molar-refractivity contribution in [3.05, 3.63) is 64.2 Å². The number of carbonyl (C=O) groups excluding carboxylic acids is 3. The molecule has 8 nitrogen and oxygen atoms in total. The average Bonchev–Trinajstić information content (AvgIpc) is 2.76. The Kier molecular flexibility index (Phi) is 8.44. The second-order valence-electron chi connectivity index (χ2n) is 11.9. The number of rotatable bonds is 5. The normalized spacial score (nSPS) is 16.3. The van der Waals surface area contributed by atoms with Crippen molar-refractivity contribution in [1.82, 2.24) is 10.2 Å². The topological polar surface area (TPSA) is 105 Å². The van der Waals surface area contributed by atoms with Crippen LogP contribution in [0.5, 0.6) is 5.75 Å². The highest BCUT2D eigenvalue weighted by Crippen LogP contribution is 2.28. The molecular weight excluding hydrogens is 484 g/mol. The Morgan fingerprint density at radius 3 is 2.08 bits per heavy atom. The Balaban J connectivity index is 2.01. The molecule has 0 aromatic heterocycles. The van der Waals surface area contributed by atoms with E-state index in [9.17, 15) is 19.5 Å². The summed E-state index contributed by atoms with van der Waals surface area (Å²) in [4.78, 5) is 41.8. The SMILES string of the molecule is Cc1cc(O)cc(C)c1C[C@H](NC(=O)OC(C)(C)C)C(=O)N1Cc2ccccc2CC1C(=O)OC(C)(C)C. The number of hydrogen-bond donors (Lipinski definition) is 2. The minimum Gasteiger partial charge on any atom is -0.508 e. The van der Waals surface area contributed by atoms with Gasteiger partial charge in [-0.05, 0) is 95.3 Å². The summed E-state index contributed by atoms with van der Waals surface area (Å²) in [5.74, 6) is -0.772. The van der Waals surface area contributed by atoms with Crippen LogP contribution in [-0.2, 0) is 38.4 Å². The van der Waals surface area contributed by atoms with Crippen LogP contribution in [0.4, 0.5) is 4.79 Å². The summed E-state index contributed by atoms with van der Waals surface area (Å²) in [6, 6.07) is 9.08. The molecule has 2 atom stereocenters. The molecule has 0 radical (unpaired) electrons. The highest BCUT2D eigenvalue weighted by Gasteiger charge is 2.40. The summed E-state index contributed by atoms with van der Waals surface area (Å²) in [7, 11) is 0. The van der Waals surface area contributed by atoms with Crippen molar-refractivity contribution in [2.24, 2.45) is 0 Å². The second kappa shape index (κ2) is 11.1. The molecule has 2 aromatic carbocycles. The van der Waals surface area contributed by atoms with E-state index in [-0.39, 0.29) is 18.7 Å². The standard InChI is InChI=1S/C30H40N2O6/c1-18-13-22(33)14-19(2)23(18)16-24(31-28(36)38-30(6,7)8)26(34)32-17-21-12-10-9-11-20(21)15-25(32)27(35)37-29(3,4)5/h9-14,24-25,33H,15-17H2,1-8H3,(H,31,36)/t24-,25?/m0/s1. The number of carbonyl (C=O) groups is 3. The number of hydrogen-bond acceptors (Lipinski definition) is 6. The molecule has 1 unspecified atom stereocenters. The summed E-state index contributed by atoms with van der Waals surface area (Å²) in [5.41, 5.74) is 2.84. The van der Waals surface area contributed by atoms with Crippen molar-refractivity contribution in [1.29, 1.82) is 0 Å². The molecule has 0 fully saturated rings. The van der Waals surface area contributed by atoms with E-state index in [1.165, 1.54) is 4.90 Å². The Bertz CT molecular complexity index is 1180. The molecule has 0 bridgehead atoms. The number of esters is 1. The fraction of sp³-hybridized carbons (Fsp3) is 0.500. The predicted molar refractivity (Wildman–Crippen MR) is 145 cm³/mol. The predicted octanol–water partition coefficient (Wildman–Crippen LogP) is 4.74. The maximum absolute atomic E-state index is 14.2. The number of aryl methyl sites for hydroxylation is 2. The third-order valence-corrected chi connectivity index (χ3v) is 6.29. The first-order chi connectivity index (χ1) is 17.5. The molecule has 2 aromatic rings. The van der Waals surface area contributed by atoms with Gasteiger partial charge in [-0.3, -0.25) is 4.79 Å². The molecule has 206 valence electrons. The minimum absolute atomic E-state index is 0.129. The van der Waals surface area contributed by atoms with Gasteiger partial charge in [-0.2, -0.15) is 0 Å². The largest absolute Gasteiger partial charge is 0.508 e. The zero-order valence-corrected chi connectivity index (χ0v) is 23.7. The molecule has 0 spiro atoms. The number of phenols is 1. The van der Waals surface area contributed by atoms with Gasteiger partial charge in [0, 0.05) is 19.4 Å². The van der Waals surface area contributed by atoms with Crippen molar-refractivity contribution in [2.75, 3.05) is 0 Å². The molecule has 1 aliphatic rings. The Hall–Kier alpha value is -3.55. The molecular formula is C30H40N2O6. The first kappa shape index (κ1) is 29.0. The molecule has 3 rings (SSSR count). The molecule has 0 saturated carbocycles. The number of ether oxygens (including phenoxy) is 2. The van der Waals surface area contributed by atoms with Crippen molar-refractivity contribution in [2.45, 2.75) is 98.1 Å². The van der Waals surface area contributed by atoms with E-state index in [0.29, 0.717) is 6.42 Å². The number of fused-ring (bicyclic) bond motifs is 1. The maximum atomic E-state index is 14.2. The fourth-order valence-corrected chi connectivity index (χ4v) is 4.68. The lowest BCUT2D eigenvalue weighted by molar-refractivity contribution is -0.166. The first-order valence-electron chi connectivity index (χ1n) is 12.9. The smallest absolute Gasteiger partial charge is 0.408 e. The highest BCUT2D eigenvalue weighted by atomic mass is 16.6. The fourth-order valence-electron chi connectivity index (χ4n) is 4.68. The van der Waals surface area contributed by atoms with Crippen LogP contribution in [0.25, 0.3) is 0 Å². The number of nitrogens with zero attached hydrogens (tertiary/aromatic N) is 1. The number of aromatic hydroxyl groups is 1. The number of alkyl carbamates (subject to hydrolysis) is 1. The molecule has 1 aliphatic heterocycles. The number of phenolic OH excluding ortho intramolecular Hbond substituents is 1. The Morgan fingerprint density at radius 1 is 0.974 bits per heavy atom. The van der Waals surface area contributed by atoms with Gasteiger partial charge in [0.15, 0.2) is 0 Å². The quantitative estimate of drug-likeness (QED) is 0.548. The van der Waals surface area contributed by atoms with Crippen LogP contribution < -0.4 is 5.32 Å². The van der Waals surface area contributed by atoms with Gasteiger partial charge in [0.05, 0.1) is 0 Å². The van der Waals surface area contributed by atoms with Gasteiger partial charge >= 0.3 is 12.1 Å². The lowest BCUT2D eigenvalue weighted by Crippen LogP contribution is -2.57. The van der Waals surface area contributed by atoms with E-state index in [1.807, 2.05) is 38.1 Å². The van der Waals surface area contributed by atoms with Gasteiger partial charge in [-0.1, -0.05) is 24.3 Å². The summed E-state index contributed by atoms with van der Waals surface area (Å²) in [5, 5.41) is 12.8. The van der Waals surface area contributed by atoms with E-state index in [4.69, 9.17) is 9.47 Å². The second-order valence-corrected chi connectivity index (χ2v) is 11.9. The van der Waals surface area contributed by atoms with Crippen molar-refractivity contribution < 1.29 is 29.0 Å². The summed E-state index contributed by atoms with van der Waals surface area (Å²) >= 11 is 0. The van der Waals surface area contributed by atoms with E-state index in [0.717, 1.165) is 27.8 Å². The van der Waals surface area contributed by atoms with Crippen LogP contribution in [0.1, 0.15) is 69.4 Å². The lowest BCUT2D eigenvalue weighted by Gasteiger charge is -2.38. The molecule has 0 saturated heterocycles. The van der Waals surface area contributed by atoms with Gasteiger partial charge in [0.25, 0.3) is 0 Å². The van der Waals surface area contributed by atoms with Crippen molar-refractivity contribution in [3.8, 4) is 5.75 Å². The van der Waals surface area contributed by atoms with Crippen LogP contribution in [0.3, 0.4) is 0 Å². The van der Waals surface area contributed by atoms with Crippen LogP contribution in [-0.4, -0.2) is 51.3 Å². The Morgan fingerprint density at radius 2 is 1.53 bits per heavy atom. The third-order valence-electron chi connectivity index (χ3n) is 6.29. The van der Waals surface area contributed by atoms with Gasteiger partial charge in [-0.25, -0.2) is 9.59 Å². The Labute approximate surface area is 225 Å². The molecule has 2 amide bonds. The van der Waals surface area contributed by atoms with E-state index >= 15 is 0 Å². The third kappa shape index (κ3) is 7.49. The lowest BCUT2D eigenvalue weighted by atomic mass is 9.91. The van der Waals surface area contributed by atoms with Crippen LogP contribution in [0.2, 0.25) is 0 Å². The van der Waals surface area contributed by atoms with E-state index in [1.54, 1.807) is 53.7 Å². The zero-order valence-electron chi connectivity index (χ0n) is 23.7. The van der Waals surface area contributed by atoms with Crippen molar-refractivity contribution in [3.63, 3.8) is 0 Å².